The molecule has 0 amide bonds. The van der Waals surface area contributed by atoms with Crippen LogP contribution in [0.3, 0.4) is 0 Å². The van der Waals surface area contributed by atoms with Crippen molar-refractivity contribution in [1.82, 2.24) is 9.78 Å². The first kappa shape index (κ1) is 19.1. The summed E-state index contributed by atoms with van der Waals surface area (Å²) in [5, 5.41) is 6.72. The van der Waals surface area contributed by atoms with Crippen LogP contribution in [0.2, 0.25) is 5.02 Å². The van der Waals surface area contributed by atoms with Crippen LogP contribution in [0.1, 0.15) is 16.7 Å². The lowest BCUT2D eigenvalue weighted by Gasteiger charge is -2.36. The lowest BCUT2D eigenvalue weighted by Crippen LogP contribution is -2.38. The molecule has 2 nitrogen and oxygen atoms in total. The molecule has 0 aliphatic heterocycles. The highest BCUT2D eigenvalue weighted by Gasteiger charge is 2.39. The Morgan fingerprint density at radius 2 is 1.17 bits per heavy atom. The number of hydrogen-bond acceptors (Lipinski definition) is 1. The van der Waals surface area contributed by atoms with Crippen molar-refractivity contribution in [3.05, 3.63) is 136 Å². The number of hydrogen-bond donors (Lipinski definition) is 0. The van der Waals surface area contributed by atoms with E-state index in [0.717, 1.165) is 32.1 Å². The molecule has 0 bridgehead atoms. The standard InChI is InChI=1S/C26H18BrClN2/c27-24-16-22(28)17-25-23(24)18-30(29-25)26(19-10-4-1-5-11-19,20-12-6-2-7-13-20)21-14-8-3-9-15-21/h1-18H. The third kappa shape index (κ3) is 3.06. The van der Waals surface area contributed by atoms with Crippen LogP contribution in [0.5, 0.6) is 0 Å². The Kier molecular flexibility index (Phi) is 4.93. The highest BCUT2D eigenvalue weighted by atomic mass is 79.9. The van der Waals surface area contributed by atoms with E-state index in [0.29, 0.717) is 5.02 Å². The van der Waals surface area contributed by atoms with Crippen LogP contribution in [-0.2, 0) is 5.54 Å². The van der Waals surface area contributed by atoms with Crippen LogP contribution in [-0.4, -0.2) is 9.78 Å². The fraction of sp³-hybridized carbons (Fsp3) is 0.0385. The van der Waals surface area contributed by atoms with Crippen LogP contribution in [0, 0.1) is 0 Å². The minimum absolute atomic E-state index is 0.630. The predicted molar refractivity (Wildman–Crippen MR) is 127 cm³/mol. The van der Waals surface area contributed by atoms with Crippen molar-refractivity contribution >= 4 is 38.4 Å². The molecule has 1 aromatic heterocycles. The van der Waals surface area contributed by atoms with Crippen LogP contribution in [0.15, 0.2) is 114 Å². The zero-order chi connectivity index (χ0) is 20.6. The third-order valence-electron chi connectivity index (χ3n) is 5.46. The van der Waals surface area contributed by atoms with E-state index in [2.05, 4.69) is 99.6 Å². The molecule has 0 fully saturated rings. The summed E-state index contributed by atoms with van der Waals surface area (Å²) in [7, 11) is 0. The second-order valence-corrected chi connectivity index (χ2v) is 8.49. The number of benzene rings is 4. The molecular weight excluding hydrogens is 456 g/mol. The molecule has 0 saturated carbocycles. The minimum Gasteiger partial charge on any atom is -0.252 e. The number of aromatic nitrogens is 2. The largest absolute Gasteiger partial charge is 0.252 e. The van der Waals surface area contributed by atoms with Crippen molar-refractivity contribution in [3.8, 4) is 0 Å². The highest BCUT2D eigenvalue weighted by molar-refractivity contribution is 9.10. The normalized spacial score (nSPS) is 11.7. The molecule has 0 saturated heterocycles. The molecule has 5 rings (SSSR count). The van der Waals surface area contributed by atoms with Gasteiger partial charge in [-0.1, -0.05) is 103 Å². The molecular formula is C26H18BrClN2. The number of fused-ring (bicyclic) bond motifs is 1. The molecule has 0 aliphatic carbocycles. The van der Waals surface area contributed by atoms with Gasteiger partial charge in [-0.15, -0.1) is 0 Å². The summed E-state index contributed by atoms with van der Waals surface area (Å²) in [5.41, 5.74) is 3.63. The average molecular weight is 474 g/mol. The highest BCUT2D eigenvalue weighted by Crippen LogP contribution is 2.41. The average Bonchev–Trinajstić information content (AvgIpc) is 3.21. The van der Waals surface area contributed by atoms with E-state index in [-0.39, 0.29) is 0 Å². The van der Waals surface area contributed by atoms with Crippen LogP contribution in [0.4, 0.5) is 0 Å². The summed E-state index contributed by atoms with van der Waals surface area (Å²) in [5.74, 6) is 0. The number of rotatable bonds is 4. The molecule has 1 heterocycles. The molecule has 30 heavy (non-hydrogen) atoms. The molecule has 5 aromatic rings. The molecule has 0 spiro atoms. The first-order chi connectivity index (χ1) is 14.7. The Morgan fingerprint density at radius 3 is 1.63 bits per heavy atom. The Balaban J connectivity index is 1.93. The maximum Gasteiger partial charge on any atom is 0.138 e. The summed E-state index contributed by atoms with van der Waals surface area (Å²) in [6.45, 7) is 0. The van der Waals surface area contributed by atoms with Gasteiger partial charge in [-0.05, 0) is 44.8 Å². The Bertz CT molecular complexity index is 1200. The van der Waals surface area contributed by atoms with Crippen molar-refractivity contribution in [3.63, 3.8) is 0 Å². The van der Waals surface area contributed by atoms with E-state index in [1.54, 1.807) is 0 Å². The molecule has 0 radical (unpaired) electrons. The summed E-state index contributed by atoms with van der Waals surface area (Å²) in [6.07, 6.45) is 2.10. The van der Waals surface area contributed by atoms with E-state index >= 15 is 0 Å². The molecule has 0 atom stereocenters. The molecule has 0 aliphatic rings. The van der Waals surface area contributed by atoms with E-state index in [9.17, 15) is 0 Å². The van der Waals surface area contributed by atoms with Gasteiger partial charge in [0.25, 0.3) is 0 Å². The predicted octanol–water partition coefficient (Wildman–Crippen LogP) is 7.29. The van der Waals surface area contributed by atoms with Gasteiger partial charge in [0, 0.05) is 21.1 Å². The first-order valence-electron chi connectivity index (χ1n) is 9.71. The van der Waals surface area contributed by atoms with Crippen molar-refractivity contribution in [2.45, 2.75) is 5.54 Å². The molecule has 146 valence electrons. The smallest absolute Gasteiger partial charge is 0.138 e. The minimum atomic E-state index is -0.630. The van der Waals surface area contributed by atoms with Crippen molar-refractivity contribution in [1.29, 1.82) is 0 Å². The van der Waals surface area contributed by atoms with E-state index < -0.39 is 5.54 Å². The zero-order valence-electron chi connectivity index (χ0n) is 16.0. The van der Waals surface area contributed by atoms with Gasteiger partial charge in [0.05, 0.1) is 5.52 Å². The maximum absolute atomic E-state index is 6.32. The number of halogens is 2. The second-order valence-electron chi connectivity index (χ2n) is 7.20. The Morgan fingerprint density at radius 1 is 0.700 bits per heavy atom. The van der Waals surface area contributed by atoms with Crippen molar-refractivity contribution in [2.24, 2.45) is 0 Å². The fourth-order valence-electron chi connectivity index (χ4n) is 4.16. The van der Waals surface area contributed by atoms with Crippen molar-refractivity contribution < 1.29 is 0 Å². The molecule has 4 aromatic carbocycles. The quantitative estimate of drug-likeness (QED) is 0.251. The van der Waals surface area contributed by atoms with Crippen LogP contribution in [0.25, 0.3) is 10.9 Å². The first-order valence-corrected chi connectivity index (χ1v) is 10.9. The summed E-state index contributed by atoms with van der Waals surface area (Å²) in [6, 6.07) is 35.4. The maximum atomic E-state index is 6.32. The fourth-order valence-corrected chi connectivity index (χ4v) is 5.05. The summed E-state index contributed by atoms with van der Waals surface area (Å²) in [4.78, 5) is 0. The van der Waals surface area contributed by atoms with E-state index in [4.69, 9.17) is 16.7 Å². The van der Waals surface area contributed by atoms with Crippen molar-refractivity contribution in [2.75, 3.05) is 0 Å². The topological polar surface area (TPSA) is 17.8 Å². The van der Waals surface area contributed by atoms with Gasteiger partial charge in [0.1, 0.15) is 5.54 Å². The molecule has 4 heteroatoms. The summed E-state index contributed by atoms with van der Waals surface area (Å²) >= 11 is 9.98. The third-order valence-corrected chi connectivity index (χ3v) is 6.33. The van der Waals surface area contributed by atoms with E-state index in [1.807, 2.05) is 30.3 Å². The van der Waals surface area contributed by atoms with Gasteiger partial charge in [0.15, 0.2) is 0 Å². The van der Waals surface area contributed by atoms with Gasteiger partial charge in [-0.3, -0.25) is 4.68 Å². The SMILES string of the molecule is Clc1cc(Br)c2cn(C(c3ccccc3)(c3ccccc3)c3ccccc3)nc2c1. The lowest BCUT2D eigenvalue weighted by molar-refractivity contribution is 0.464. The van der Waals surface area contributed by atoms with Gasteiger partial charge < -0.3 is 0 Å². The monoisotopic (exact) mass is 472 g/mol. The molecule has 0 unspecified atom stereocenters. The van der Waals surface area contributed by atoms with Gasteiger partial charge in [-0.25, -0.2) is 0 Å². The van der Waals surface area contributed by atoms with Crippen LogP contribution >= 0.6 is 27.5 Å². The summed E-state index contributed by atoms with van der Waals surface area (Å²) < 4.78 is 3.00. The lowest BCUT2D eigenvalue weighted by atomic mass is 9.77. The van der Waals surface area contributed by atoms with Gasteiger partial charge in [0.2, 0.25) is 0 Å². The number of nitrogens with zero attached hydrogens (tertiary/aromatic N) is 2. The van der Waals surface area contributed by atoms with Gasteiger partial charge >= 0.3 is 0 Å². The zero-order valence-corrected chi connectivity index (χ0v) is 18.4. The van der Waals surface area contributed by atoms with Crippen LogP contribution < -0.4 is 0 Å². The Labute approximate surface area is 188 Å². The van der Waals surface area contributed by atoms with Gasteiger partial charge in [-0.2, -0.15) is 5.10 Å². The second kappa shape index (κ2) is 7.75. The molecule has 0 N–H and O–H groups in total. The van der Waals surface area contributed by atoms with E-state index in [1.165, 1.54) is 0 Å². The Hall–Kier alpha value is -2.88.